The molecule has 1 aliphatic rings. The Bertz CT molecular complexity index is 598. The molecule has 2 aromatic rings. The van der Waals surface area contributed by atoms with Crippen LogP contribution in [-0.2, 0) is 0 Å². The average molecular weight is 258 g/mol. The molecule has 0 aliphatic heterocycles. The molecule has 3 N–H and O–H groups in total. The van der Waals surface area contributed by atoms with Crippen LogP contribution in [0.5, 0.6) is 0 Å². The van der Waals surface area contributed by atoms with Crippen LogP contribution in [0.3, 0.4) is 0 Å². The van der Waals surface area contributed by atoms with Gasteiger partial charge in [-0.15, -0.1) is 0 Å². The number of carbonyl (C=O) groups excluding carboxylic acids is 1. The fraction of sp³-hybridized carbons (Fsp3) is 0.429. The molecule has 0 unspecified atom stereocenters. The third kappa shape index (κ3) is 2.21. The number of pyridine rings is 1. The summed E-state index contributed by atoms with van der Waals surface area (Å²) in [5.41, 5.74) is 7.11. The summed E-state index contributed by atoms with van der Waals surface area (Å²) in [5.74, 6) is -0.0528. The van der Waals surface area contributed by atoms with Gasteiger partial charge in [0, 0.05) is 25.1 Å². The first kappa shape index (κ1) is 12.2. The van der Waals surface area contributed by atoms with E-state index in [1.54, 1.807) is 18.5 Å². The highest BCUT2D eigenvalue weighted by atomic mass is 16.1. The molecule has 2 aromatic heterocycles. The van der Waals surface area contributed by atoms with Crippen LogP contribution >= 0.6 is 0 Å². The number of nitrogens with one attached hydrogen (secondary N) is 1. The van der Waals surface area contributed by atoms with E-state index in [0.29, 0.717) is 12.1 Å². The highest BCUT2D eigenvalue weighted by molar-refractivity contribution is 5.94. The Labute approximate surface area is 111 Å². The van der Waals surface area contributed by atoms with Gasteiger partial charge in [0.15, 0.2) is 0 Å². The van der Waals surface area contributed by atoms with Gasteiger partial charge < -0.3 is 15.5 Å². The predicted molar refractivity (Wildman–Crippen MR) is 72.9 cm³/mol. The first-order valence-electron chi connectivity index (χ1n) is 6.68. The molecule has 1 amide bonds. The lowest BCUT2D eigenvalue weighted by Crippen LogP contribution is -2.51. The third-order valence-electron chi connectivity index (χ3n) is 3.98. The summed E-state index contributed by atoms with van der Waals surface area (Å²) in [5, 5.41) is 3.12. The molecule has 100 valence electrons. The lowest BCUT2D eigenvalue weighted by Gasteiger charge is -2.28. The number of rotatable bonds is 3. The SMILES string of the molecule is NCC1(NC(=O)c2ccc3nccn3c2)CCCC1. The van der Waals surface area contributed by atoms with Crippen molar-refractivity contribution in [3.05, 3.63) is 36.3 Å². The third-order valence-corrected chi connectivity index (χ3v) is 3.98. The minimum Gasteiger partial charge on any atom is -0.345 e. The van der Waals surface area contributed by atoms with Gasteiger partial charge in [-0.2, -0.15) is 0 Å². The summed E-state index contributed by atoms with van der Waals surface area (Å²) in [6, 6.07) is 3.65. The second-order valence-corrected chi connectivity index (χ2v) is 5.26. The zero-order valence-electron chi connectivity index (χ0n) is 10.8. The summed E-state index contributed by atoms with van der Waals surface area (Å²) < 4.78 is 1.85. The Balaban J connectivity index is 1.82. The zero-order chi connectivity index (χ0) is 13.3. The van der Waals surface area contributed by atoms with Crippen molar-refractivity contribution in [1.82, 2.24) is 14.7 Å². The maximum atomic E-state index is 12.3. The van der Waals surface area contributed by atoms with E-state index in [9.17, 15) is 4.79 Å². The molecule has 5 heteroatoms. The monoisotopic (exact) mass is 258 g/mol. The van der Waals surface area contributed by atoms with Gasteiger partial charge in [0.1, 0.15) is 5.65 Å². The quantitative estimate of drug-likeness (QED) is 0.872. The average Bonchev–Trinajstić information content (AvgIpc) is 3.06. The second kappa shape index (κ2) is 4.66. The Kier molecular flexibility index (Phi) is 2.98. The minimum atomic E-state index is -0.207. The number of imidazole rings is 1. The molecule has 1 saturated carbocycles. The molecule has 1 aliphatic carbocycles. The number of amides is 1. The molecule has 0 radical (unpaired) electrons. The van der Waals surface area contributed by atoms with Crippen LogP contribution in [0.1, 0.15) is 36.0 Å². The molecular formula is C14H18N4O. The second-order valence-electron chi connectivity index (χ2n) is 5.26. The number of hydrogen-bond acceptors (Lipinski definition) is 3. The van der Waals surface area contributed by atoms with Gasteiger partial charge in [-0.05, 0) is 25.0 Å². The van der Waals surface area contributed by atoms with Crippen LogP contribution in [0.15, 0.2) is 30.7 Å². The van der Waals surface area contributed by atoms with Crippen molar-refractivity contribution in [2.24, 2.45) is 5.73 Å². The van der Waals surface area contributed by atoms with Gasteiger partial charge in [0.25, 0.3) is 5.91 Å². The van der Waals surface area contributed by atoms with Crippen LogP contribution < -0.4 is 11.1 Å². The van der Waals surface area contributed by atoms with Gasteiger partial charge in [-0.3, -0.25) is 4.79 Å². The molecular weight excluding hydrogens is 240 g/mol. The van der Waals surface area contributed by atoms with Gasteiger partial charge >= 0.3 is 0 Å². The topological polar surface area (TPSA) is 72.4 Å². The largest absolute Gasteiger partial charge is 0.345 e. The Morgan fingerprint density at radius 1 is 1.42 bits per heavy atom. The van der Waals surface area contributed by atoms with Crippen molar-refractivity contribution in [2.75, 3.05) is 6.54 Å². The van der Waals surface area contributed by atoms with E-state index in [1.807, 2.05) is 16.7 Å². The van der Waals surface area contributed by atoms with E-state index in [2.05, 4.69) is 10.3 Å². The predicted octanol–water partition coefficient (Wildman–Crippen LogP) is 1.34. The van der Waals surface area contributed by atoms with Gasteiger partial charge in [0.05, 0.1) is 11.1 Å². The molecule has 0 bridgehead atoms. The molecule has 5 nitrogen and oxygen atoms in total. The van der Waals surface area contributed by atoms with Gasteiger partial charge in [-0.1, -0.05) is 12.8 Å². The van der Waals surface area contributed by atoms with Crippen LogP contribution in [0.2, 0.25) is 0 Å². The number of nitrogens with zero attached hydrogens (tertiary/aromatic N) is 2. The van der Waals surface area contributed by atoms with Crippen LogP contribution in [0, 0.1) is 0 Å². The van der Waals surface area contributed by atoms with Crippen molar-refractivity contribution in [2.45, 2.75) is 31.2 Å². The van der Waals surface area contributed by atoms with Crippen molar-refractivity contribution < 1.29 is 4.79 Å². The van der Waals surface area contributed by atoms with E-state index in [0.717, 1.165) is 31.3 Å². The van der Waals surface area contributed by atoms with Gasteiger partial charge in [-0.25, -0.2) is 4.98 Å². The summed E-state index contributed by atoms with van der Waals surface area (Å²) >= 11 is 0. The summed E-state index contributed by atoms with van der Waals surface area (Å²) in [7, 11) is 0. The lowest BCUT2D eigenvalue weighted by atomic mass is 9.97. The number of fused-ring (bicyclic) bond motifs is 1. The number of hydrogen-bond donors (Lipinski definition) is 2. The molecule has 0 saturated heterocycles. The molecule has 3 rings (SSSR count). The van der Waals surface area contributed by atoms with Crippen molar-refractivity contribution in [3.8, 4) is 0 Å². The van der Waals surface area contributed by atoms with Crippen LogP contribution in [-0.4, -0.2) is 27.4 Å². The highest BCUT2D eigenvalue weighted by Crippen LogP contribution is 2.28. The molecule has 0 atom stereocenters. The van der Waals surface area contributed by atoms with Gasteiger partial charge in [0.2, 0.25) is 0 Å². The lowest BCUT2D eigenvalue weighted by molar-refractivity contribution is 0.0902. The normalized spacial score (nSPS) is 17.7. The highest BCUT2D eigenvalue weighted by Gasteiger charge is 2.34. The fourth-order valence-electron chi connectivity index (χ4n) is 2.80. The van der Waals surface area contributed by atoms with Crippen molar-refractivity contribution in [1.29, 1.82) is 0 Å². The Hall–Kier alpha value is -1.88. The smallest absolute Gasteiger partial charge is 0.253 e. The van der Waals surface area contributed by atoms with Crippen LogP contribution in [0.25, 0.3) is 5.65 Å². The van der Waals surface area contributed by atoms with Crippen LogP contribution in [0.4, 0.5) is 0 Å². The standard InChI is InChI=1S/C14H18N4O/c15-10-14(5-1-2-6-14)17-13(19)11-3-4-12-16-7-8-18(12)9-11/h3-4,7-9H,1-2,5-6,10,15H2,(H,17,19). The number of nitrogens with two attached hydrogens (primary N) is 1. The first-order chi connectivity index (χ1) is 9.22. The molecule has 19 heavy (non-hydrogen) atoms. The number of carbonyl (C=O) groups is 1. The maximum absolute atomic E-state index is 12.3. The minimum absolute atomic E-state index is 0.0528. The van der Waals surface area contributed by atoms with E-state index in [-0.39, 0.29) is 11.4 Å². The fourth-order valence-corrected chi connectivity index (χ4v) is 2.80. The van der Waals surface area contributed by atoms with Crippen molar-refractivity contribution in [3.63, 3.8) is 0 Å². The molecule has 0 aromatic carbocycles. The zero-order valence-corrected chi connectivity index (χ0v) is 10.8. The van der Waals surface area contributed by atoms with E-state index >= 15 is 0 Å². The van der Waals surface area contributed by atoms with E-state index < -0.39 is 0 Å². The molecule has 2 heterocycles. The first-order valence-corrected chi connectivity index (χ1v) is 6.68. The van der Waals surface area contributed by atoms with Crippen molar-refractivity contribution >= 4 is 11.6 Å². The Morgan fingerprint density at radius 3 is 2.95 bits per heavy atom. The Morgan fingerprint density at radius 2 is 2.21 bits per heavy atom. The maximum Gasteiger partial charge on any atom is 0.253 e. The number of aromatic nitrogens is 2. The summed E-state index contributed by atoms with van der Waals surface area (Å²) in [6.07, 6.45) is 9.58. The summed E-state index contributed by atoms with van der Waals surface area (Å²) in [4.78, 5) is 16.5. The van der Waals surface area contributed by atoms with E-state index in [4.69, 9.17) is 5.73 Å². The van der Waals surface area contributed by atoms with E-state index in [1.165, 1.54) is 0 Å². The summed E-state index contributed by atoms with van der Waals surface area (Å²) in [6.45, 7) is 0.506. The molecule has 1 fully saturated rings. The molecule has 0 spiro atoms.